The smallest absolute Gasteiger partial charge is 0.192 e. The van der Waals surface area contributed by atoms with Crippen molar-refractivity contribution in [2.24, 2.45) is 71.0 Å². The maximum atomic E-state index is 14.6. The summed E-state index contributed by atoms with van der Waals surface area (Å²) in [6, 6.07) is 20.9. The van der Waals surface area contributed by atoms with Gasteiger partial charge in [-0.25, -0.2) is 26.3 Å². The molecule has 0 amide bonds. The van der Waals surface area contributed by atoms with Crippen molar-refractivity contribution in [3.8, 4) is 17.2 Å². The molecular formula is C105H180Cl3F6O15P5V. The fourth-order valence-electron chi connectivity index (χ4n) is 19.7. The van der Waals surface area contributed by atoms with Crippen molar-refractivity contribution >= 4 is 94.2 Å². The van der Waals surface area contributed by atoms with Crippen molar-refractivity contribution < 1.29 is 124 Å². The van der Waals surface area contributed by atoms with Crippen LogP contribution in [0.25, 0.3) is 0 Å². The molecule has 9 rings (SSSR count). The largest absolute Gasteiger partial charge is 0.491 e. The van der Waals surface area contributed by atoms with E-state index in [0.29, 0.717) is 64.4 Å². The first-order valence-electron chi connectivity index (χ1n) is 50.5. The molecule has 31 atom stereocenters. The Kier molecular flexibility index (Phi) is 73.2. The number of hydrogen-bond donors (Lipinski definition) is 5. The van der Waals surface area contributed by atoms with Crippen molar-refractivity contribution in [1.82, 2.24) is 0 Å². The first-order chi connectivity index (χ1) is 64.8. The summed E-state index contributed by atoms with van der Waals surface area (Å²) in [7, 11) is 11.2. The van der Waals surface area contributed by atoms with Crippen LogP contribution in [0.2, 0.25) is 15.1 Å². The molecule has 6 aliphatic rings. The molecule has 16 unspecified atom stereocenters. The second kappa shape index (κ2) is 77.6. The number of aliphatic hydroxyl groups excluding tert-OH is 5. The molecule has 0 aliphatic heterocycles. The molecule has 6 saturated carbocycles. The average Bonchev–Trinajstić information content (AvgIpc) is 1.69. The Morgan fingerprint density at radius 1 is 0.400 bits per heavy atom. The van der Waals surface area contributed by atoms with Crippen LogP contribution in [0.15, 0.2) is 121 Å². The maximum absolute atomic E-state index is 14.6. The first-order valence-corrected chi connectivity index (χ1v) is 54.0. The van der Waals surface area contributed by atoms with Crippen LogP contribution in [0.4, 0.5) is 26.3 Å². The van der Waals surface area contributed by atoms with E-state index in [9.17, 15) is 61.5 Å². The predicted octanol–water partition coefficient (Wildman–Crippen LogP) is 29.5. The molecule has 783 valence electrons. The van der Waals surface area contributed by atoms with E-state index in [1.165, 1.54) is 134 Å². The molecule has 0 spiro atoms. The molecule has 0 saturated heterocycles. The van der Waals surface area contributed by atoms with E-state index in [1.54, 1.807) is 97.1 Å². The molecule has 1 radical (unpaired) electrons. The number of unbranched alkanes of at least 4 members (excludes halogenated alkanes) is 22. The number of allylic oxidation sites excluding steroid dienone is 5. The number of carbonyl (C=O) groups is 2. The Morgan fingerprint density at radius 3 is 1.08 bits per heavy atom. The Bertz CT molecular complexity index is 3640. The number of ether oxygens (including phenoxy) is 3. The normalized spacial score (nSPS) is 28.4. The van der Waals surface area contributed by atoms with Gasteiger partial charge >= 0.3 is 0 Å². The average molecular weight is 2120 g/mol. The number of ketones is 1. The van der Waals surface area contributed by atoms with Gasteiger partial charge in [0.25, 0.3) is 0 Å². The monoisotopic (exact) mass is 2120 g/mol. The van der Waals surface area contributed by atoms with Gasteiger partial charge in [0.15, 0.2) is 12.4 Å². The molecule has 15 nitrogen and oxygen atoms in total. The third-order valence-corrected chi connectivity index (χ3v) is 29.9. The molecule has 3 aromatic carbocycles. The van der Waals surface area contributed by atoms with Gasteiger partial charge in [0.2, 0.25) is 0 Å². The summed E-state index contributed by atoms with van der Waals surface area (Å²) in [5.41, 5.74) is 0. The second-order valence-corrected chi connectivity index (χ2v) is 40.1. The van der Waals surface area contributed by atoms with Gasteiger partial charge in [0.1, 0.15) is 86.0 Å². The molecule has 30 heteroatoms. The van der Waals surface area contributed by atoms with Gasteiger partial charge in [-0.3, -0.25) is 4.79 Å². The minimum absolute atomic E-state index is 0. The van der Waals surface area contributed by atoms with Crippen molar-refractivity contribution in [3.05, 3.63) is 136 Å². The van der Waals surface area contributed by atoms with Gasteiger partial charge in [0.05, 0.1) is 42.5 Å². The fraction of sp³-hybridized carbons (Fsp3) is 0.733. The van der Waals surface area contributed by atoms with E-state index in [2.05, 4.69) is 101 Å². The number of carbonyl (C=O) groups excluding carboxylic acids is 2. The Labute approximate surface area is 854 Å². The van der Waals surface area contributed by atoms with Crippen molar-refractivity contribution in [2.75, 3.05) is 33.0 Å². The van der Waals surface area contributed by atoms with Crippen LogP contribution < -0.4 is 14.2 Å². The number of aliphatic hydroxyl groups is 5. The van der Waals surface area contributed by atoms with Crippen LogP contribution in [-0.2, 0) is 50.8 Å². The van der Waals surface area contributed by atoms with Crippen LogP contribution in [0.3, 0.4) is 0 Å². The summed E-state index contributed by atoms with van der Waals surface area (Å²) in [4.78, 5) is 23.1. The molecule has 135 heavy (non-hydrogen) atoms. The summed E-state index contributed by atoms with van der Waals surface area (Å²) in [5, 5.41) is 50.7. The summed E-state index contributed by atoms with van der Waals surface area (Å²) >= 11 is 17.7. The number of aldehydes is 1. The third-order valence-electron chi connectivity index (χ3n) is 27.5. The zero-order chi connectivity index (χ0) is 98.4. The van der Waals surface area contributed by atoms with E-state index in [0.717, 1.165) is 96.2 Å². The van der Waals surface area contributed by atoms with Crippen molar-refractivity contribution in [3.63, 3.8) is 0 Å². The summed E-state index contributed by atoms with van der Waals surface area (Å²) in [6.07, 6.45) is 47.3. The van der Waals surface area contributed by atoms with Crippen LogP contribution in [0.1, 0.15) is 306 Å². The fourth-order valence-corrected chi connectivity index (χ4v) is 21.8. The number of alkyl halides is 6. The van der Waals surface area contributed by atoms with Gasteiger partial charge in [-0.15, -0.1) is 0 Å². The number of halogens is 9. The van der Waals surface area contributed by atoms with Crippen LogP contribution in [0, 0.1) is 71.0 Å². The predicted molar refractivity (Wildman–Crippen MR) is 564 cm³/mol. The van der Waals surface area contributed by atoms with E-state index >= 15 is 0 Å². The van der Waals surface area contributed by atoms with E-state index in [-0.39, 0.29) is 167 Å². The molecule has 0 bridgehead atoms. The third kappa shape index (κ3) is 49.7. The van der Waals surface area contributed by atoms with Crippen molar-refractivity contribution in [1.29, 1.82) is 0 Å². The molecule has 0 aromatic heterocycles. The van der Waals surface area contributed by atoms with Gasteiger partial charge in [-0.05, 0) is 141 Å². The van der Waals surface area contributed by atoms with E-state index in [1.807, 2.05) is 6.08 Å². The minimum Gasteiger partial charge on any atom is -0.491 e. The zero-order valence-corrected chi connectivity index (χ0v) is 90.9. The summed E-state index contributed by atoms with van der Waals surface area (Å²) < 4.78 is 128. The minimum atomic E-state index is -1.06. The van der Waals surface area contributed by atoms with Gasteiger partial charge in [0, 0.05) is 169 Å². The molecule has 6 fully saturated rings. The summed E-state index contributed by atoms with van der Waals surface area (Å²) in [6.45, 7) is 13.1. The molecule has 0 heterocycles. The zero-order valence-electron chi connectivity index (χ0n) is 81.5. The number of hydrogen-bond acceptors (Lipinski definition) is 15. The quantitative estimate of drug-likeness (QED) is 0.00889. The number of benzene rings is 3. The molecule has 3 aromatic rings. The van der Waals surface area contributed by atoms with Gasteiger partial charge < -0.3 is 67.2 Å². The SMILES string of the molecule is CCCC/C=C\C[C@H]1C(OP)CC(F)[C@@H]1CO.CCCCCCC[C@@H]1[C@@H](/C=C/[C@@H](O)COc2cccc(Cl)c2)[C@@H](F)C[C@@H]1O.CCCCCCC[C@H]1C(OP)CC(F)[C@@H]1/C=C/C(=O)COc1cccc(Cl)c1.CCCCCCC[C@H]1C(OP)CC(F)[C@@H]1/C=C/C(O)COc1cccc(Cl)c1.CCCCCCC[C@H]1C(OP)CC(F)[C@@H]1C=O.CCCCCCC[C@H]1C(OP)CC(F)[C@@H]1CO.[3HH].[3HH].[3HH].[3HH].[3HH].[V]. The van der Waals surface area contributed by atoms with Crippen LogP contribution >= 0.6 is 82.1 Å². The topological polar surface area (TPSA) is 209 Å². The molecule has 5 N–H and O–H groups in total. The number of rotatable bonds is 58. The standard InChI is InChI=1S/C22H33ClFO3P.C22H31ClFO3P.C22H32ClFO3.C13H26FO2P.2C13H24FO2P.V.5H2/c2*1-2-3-4-5-6-10-20-19(21(24)14-22(20)27-28)12-11-17(25)15-26-18-9-7-8-16(23)13-18;1-2-3-4-5-6-10-20-19(21(24)14-22(20)26)12-11-17(25)15-27-18-9-7-8-16(23)13-18;3*1-2-3-4-5-6-7-10-11(9-15)12(14)8-13(10)16-17;;;;;;/h7-9,11-13,17,19-22,25H,2-6,10,14-15,28H2,1H3;7-9,11-13,19-22H,2-6,10,14-15,28H2,1H3;7-9,11-13,17,19-22,25-26H,2-6,10,14-15H2,1H3;10-13,15H,2-9,17H2,1H3;9-13H,2-8,17H2,1H3;5-6,10-13,15H,2-4,7-9,17H2,1H3;;5*1H/b3*12-11+;;;6-5-;;;;;;/t17?,19-,20-,21?,22?;19-,20-,21?,22?;17-,19-,20-,21+,22+;3*10-,11-,12?,13?;;;;;;/m111111....../s1/i;;;;;;;5*1+2. The molecular weight excluding hydrogens is 1930 g/mol. The first kappa shape index (κ1) is 127. The Balaban J connectivity index is -0.00000162. The van der Waals surface area contributed by atoms with Crippen LogP contribution in [-0.4, -0.2) is 156 Å². The van der Waals surface area contributed by atoms with E-state index < -0.39 is 61.3 Å². The van der Waals surface area contributed by atoms with Gasteiger partial charge in [-0.1, -0.05) is 310 Å². The summed E-state index contributed by atoms with van der Waals surface area (Å²) in [5.74, 6) is 0.291. The second-order valence-electron chi connectivity index (χ2n) is 37.4. The van der Waals surface area contributed by atoms with E-state index in [4.69, 9.17) is 71.6 Å². The van der Waals surface area contributed by atoms with Crippen molar-refractivity contribution in [2.45, 2.75) is 384 Å². The Morgan fingerprint density at radius 2 is 0.711 bits per heavy atom. The molecule has 6 aliphatic carbocycles. The van der Waals surface area contributed by atoms with Crippen LogP contribution in [0.5, 0.6) is 17.2 Å². The Hall–Kier alpha value is -1.86. The van der Waals surface area contributed by atoms with Gasteiger partial charge in [-0.2, -0.15) is 0 Å². The maximum Gasteiger partial charge on any atom is 0.192 e.